The maximum Gasteiger partial charge on any atom is 0.251 e. The molecule has 0 radical (unpaired) electrons. The van der Waals surface area contributed by atoms with Gasteiger partial charge in [0.2, 0.25) is 0 Å². The second-order valence-corrected chi connectivity index (χ2v) is 6.23. The molecule has 2 rings (SSSR count). The Bertz CT molecular complexity index is 580. The molecule has 0 aliphatic carbocycles. The molecule has 1 atom stereocenters. The van der Waals surface area contributed by atoms with Gasteiger partial charge in [0, 0.05) is 32.3 Å². The molecule has 1 aromatic rings. The van der Waals surface area contributed by atoms with E-state index in [9.17, 15) is 4.79 Å². The summed E-state index contributed by atoms with van der Waals surface area (Å²) in [5.41, 5.74) is 1.53. The van der Waals surface area contributed by atoms with Crippen LogP contribution in [0.4, 0.5) is 0 Å². The maximum atomic E-state index is 11.7. The predicted molar refractivity (Wildman–Crippen MR) is 96.2 cm³/mol. The standard InChI is InChI=1S/C18H28N4O2/c1-4-20-17(22-13-18(2)9-6-10-24-18)21-12-14-7-5-8-15(11-14)16(23)19-3/h5,7-8,11H,4,6,9-10,12-13H2,1-3H3,(H,19,23)(H2,20,21,22). The Kier molecular flexibility index (Phi) is 6.61. The Labute approximate surface area is 144 Å². The minimum Gasteiger partial charge on any atom is -0.373 e. The average molecular weight is 332 g/mol. The van der Waals surface area contributed by atoms with Crippen LogP contribution in [0, 0.1) is 0 Å². The van der Waals surface area contributed by atoms with E-state index in [1.54, 1.807) is 13.1 Å². The fourth-order valence-electron chi connectivity index (χ4n) is 2.71. The van der Waals surface area contributed by atoms with Crippen molar-refractivity contribution in [1.82, 2.24) is 16.0 Å². The number of hydrogen-bond donors (Lipinski definition) is 3. The van der Waals surface area contributed by atoms with E-state index in [0.29, 0.717) is 12.1 Å². The van der Waals surface area contributed by atoms with Crippen molar-refractivity contribution < 1.29 is 9.53 Å². The van der Waals surface area contributed by atoms with E-state index in [4.69, 9.17) is 4.74 Å². The van der Waals surface area contributed by atoms with Gasteiger partial charge in [-0.05, 0) is 44.4 Å². The fraction of sp³-hybridized carbons (Fsp3) is 0.556. The van der Waals surface area contributed by atoms with Gasteiger partial charge in [-0.25, -0.2) is 4.99 Å². The van der Waals surface area contributed by atoms with E-state index in [0.717, 1.165) is 44.1 Å². The van der Waals surface area contributed by atoms with Crippen LogP contribution in [0.2, 0.25) is 0 Å². The van der Waals surface area contributed by atoms with E-state index in [1.807, 2.05) is 25.1 Å². The number of benzene rings is 1. The molecule has 0 aromatic heterocycles. The summed E-state index contributed by atoms with van der Waals surface area (Å²) in [5.74, 6) is 0.678. The number of rotatable bonds is 6. The Hall–Kier alpha value is -2.08. The molecule has 6 nitrogen and oxygen atoms in total. The van der Waals surface area contributed by atoms with Crippen LogP contribution >= 0.6 is 0 Å². The lowest BCUT2D eigenvalue weighted by molar-refractivity contribution is 0.0243. The number of nitrogens with zero attached hydrogens (tertiary/aromatic N) is 1. The maximum absolute atomic E-state index is 11.7. The Balaban J connectivity index is 1.98. The zero-order chi connectivity index (χ0) is 17.4. The third-order valence-corrected chi connectivity index (χ3v) is 4.11. The Morgan fingerprint density at radius 1 is 1.38 bits per heavy atom. The highest BCUT2D eigenvalue weighted by Crippen LogP contribution is 2.23. The quantitative estimate of drug-likeness (QED) is 0.547. The highest BCUT2D eigenvalue weighted by atomic mass is 16.5. The highest BCUT2D eigenvalue weighted by Gasteiger charge is 2.29. The molecule has 1 amide bonds. The minimum absolute atomic E-state index is 0.0860. The number of aliphatic imine (C=N–C) groups is 1. The molecule has 1 aromatic carbocycles. The molecule has 24 heavy (non-hydrogen) atoms. The van der Waals surface area contributed by atoms with Crippen LogP contribution in [-0.4, -0.2) is 44.2 Å². The van der Waals surface area contributed by atoms with Crippen molar-refractivity contribution in [3.05, 3.63) is 35.4 Å². The summed E-state index contributed by atoms with van der Waals surface area (Å²) in [6.07, 6.45) is 2.17. The van der Waals surface area contributed by atoms with E-state index < -0.39 is 0 Å². The highest BCUT2D eigenvalue weighted by molar-refractivity contribution is 5.94. The molecular weight excluding hydrogens is 304 g/mol. The molecule has 132 valence electrons. The third kappa shape index (κ3) is 5.23. The zero-order valence-electron chi connectivity index (χ0n) is 14.8. The van der Waals surface area contributed by atoms with Gasteiger partial charge in [-0.3, -0.25) is 4.79 Å². The summed E-state index contributed by atoms with van der Waals surface area (Å²) < 4.78 is 5.80. The van der Waals surface area contributed by atoms with Gasteiger partial charge in [0.15, 0.2) is 5.96 Å². The van der Waals surface area contributed by atoms with Gasteiger partial charge in [0.05, 0.1) is 12.1 Å². The smallest absolute Gasteiger partial charge is 0.251 e. The summed E-state index contributed by atoms with van der Waals surface area (Å²) in [6.45, 7) is 7.04. The van der Waals surface area contributed by atoms with E-state index in [1.165, 1.54) is 0 Å². The van der Waals surface area contributed by atoms with Crippen LogP contribution in [0.3, 0.4) is 0 Å². The first-order valence-corrected chi connectivity index (χ1v) is 8.53. The molecule has 1 unspecified atom stereocenters. The van der Waals surface area contributed by atoms with Crippen LogP contribution in [0.25, 0.3) is 0 Å². The molecule has 3 N–H and O–H groups in total. The van der Waals surface area contributed by atoms with Crippen molar-refractivity contribution in [3.8, 4) is 0 Å². The summed E-state index contributed by atoms with van der Waals surface area (Å²) >= 11 is 0. The largest absolute Gasteiger partial charge is 0.373 e. The molecule has 1 heterocycles. The van der Waals surface area contributed by atoms with Gasteiger partial charge in [-0.2, -0.15) is 0 Å². The van der Waals surface area contributed by atoms with Gasteiger partial charge >= 0.3 is 0 Å². The molecule has 0 spiro atoms. The number of hydrogen-bond acceptors (Lipinski definition) is 3. The molecular formula is C18H28N4O2. The van der Waals surface area contributed by atoms with Crippen molar-refractivity contribution in [1.29, 1.82) is 0 Å². The normalized spacial score (nSPS) is 20.7. The topological polar surface area (TPSA) is 74.8 Å². The lowest BCUT2D eigenvalue weighted by atomic mass is 10.0. The predicted octanol–water partition coefficient (Wildman–Crippen LogP) is 1.67. The van der Waals surface area contributed by atoms with E-state index in [2.05, 4.69) is 27.9 Å². The fourth-order valence-corrected chi connectivity index (χ4v) is 2.71. The van der Waals surface area contributed by atoms with Gasteiger partial charge in [-0.1, -0.05) is 12.1 Å². The zero-order valence-corrected chi connectivity index (χ0v) is 14.8. The van der Waals surface area contributed by atoms with Crippen LogP contribution in [0.1, 0.15) is 42.6 Å². The lowest BCUT2D eigenvalue weighted by Gasteiger charge is -2.24. The Morgan fingerprint density at radius 2 is 2.21 bits per heavy atom. The first-order chi connectivity index (χ1) is 11.6. The summed E-state index contributed by atoms with van der Waals surface area (Å²) in [4.78, 5) is 16.3. The molecule has 1 fully saturated rings. The Morgan fingerprint density at radius 3 is 2.88 bits per heavy atom. The van der Waals surface area contributed by atoms with Crippen LogP contribution in [-0.2, 0) is 11.3 Å². The SMILES string of the molecule is CCNC(=NCc1cccc(C(=O)NC)c1)NCC1(C)CCCO1. The van der Waals surface area contributed by atoms with Crippen LogP contribution in [0.5, 0.6) is 0 Å². The summed E-state index contributed by atoms with van der Waals surface area (Å²) in [7, 11) is 1.63. The molecule has 6 heteroatoms. The van der Waals surface area contributed by atoms with Crippen molar-refractivity contribution in [2.75, 3.05) is 26.7 Å². The first-order valence-electron chi connectivity index (χ1n) is 8.53. The van der Waals surface area contributed by atoms with E-state index >= 15 is 0 Å². The molecule has 0 bridgehead atoms. The first kappa shape index (κ1) is 18.3. The number of carbonyl (C=O) groups is 1. The number of ether oxygens (including phenoxy) is 1. The lowest BCUT2D eigenvalue weighted by Crippen LogP contribution is -2.45. The van der Waals surface area contributed by atoms with Crippen molar-refractivity contribution in [2.45, 2.75) is 38.8 Å². The molecule has 0 saturated carbocycles. The summed E-state index contributed by atoms with van der Waals surface area (Å²) in [6, 6.07) is 7.52. The van der Waals surface area contributed by atoms with Gasteiger partial charge in [-0.15, -0.1) is 0 Å². The van der Waals surface area contributed by atoms with E-state index in [-0.39, 0.29) is 11.5 Å². The van der Waals surface area contributed by atoms with Gasteiger partial charge < -0.3 is 20.7 Å². The van der Waals surface area contributed by atoms with Crippen molar-refractivity contribution in [3.63, 3.8) is 0 Å². The minimum atomic E-state index is -0.116. The molecule has 1 aliphatic heterocycles. The van der Waals surface area contributed by atoms with Gasteiger partial charge in [0.1, 0.15) is 0 Å². The second kappa shape index (κ2) is 8.68. The monoisotopic (exact) mass is 332 g/mol. The third-order valence-electron chi connectivity index (χ3n) is 4.11. The molecule has 1 saturated heterocycles. The van der Waals surface area contributed by atoms with Crippen LogP contribution < -0.4 is 16.0 Å². The number of nitrogens with one attached hydrogen (secondary N) is 3. The number of amides is 1. The average Bonchev–Trinajstić information content (AvgIpc) is 3.04. The number of guanidine groups is 1. The van der Waals surface area contributed by atoms with Gasteiger partial charge in [0.25, 0.3) is 5.91 Å². The van der Waals surface area contributed by atoms with Crippen molar-refractivity contribution in [2.24, 2.45) is 4.99 Å². The number of carbonyl (C=O) groups excluding carboxylic acids is 1. The van der Waals surface area contributed by atoms with Crippen molar-refractivity contribution >= 4 is 11.9 Å². The molecule has 1 aliphatic rings. The second-order valence-electron chi connectivity index (χ2n) is 6.23. The summed E-state index contributed by atoms with van der Waals surface area (Å²) in [5, 5.41) is 9.24. The van der Waals surface area contributed by atoms with Crippen LogP contribution in [0.15, 0.2) is 29.3 Å².